The van der Waals surface area contributed by atoms with Gasteiger partial charge in [0.1, 0.15) is 0 Å². The first-order chi connectivity index (χ1) is 9.74. The van der Waals surface area contributed by atoms with Crippen molar-refractivity contribution in [1.29, 1.82) is 0 Å². The van der Waals surface area contributed by atoms with Crippen LogP contribution in [-0.4, -0.2) is 33.8 Å². The first-order valence-electron chi connectivity index (χ1n) is 7.31. The van der Waals surface area contributed by atoms with Crippen molar-refractivity contribution in [3.63, 3.8) is 0 Å². The van der Waals surface area contributed by atoms with Gasteiger partial charge in [-0.1, -0.05) is 18.2 Å². The summed E-state index contributed by atoms with van der Waals surface area (Å²) < 4.78 is 2.06. The van der Waals surface area contributed by atoms with E-state index < -0.39 is 0 Å². The lowest BCUT2D eigenvalue weighted by atomic mass is 10.1. The molecule has 1 aromatic heterocycles. The van der Waals surface area contributed by atoms with Crippen LogP contribution in [0.1, 0.15) is 24.1 Å². The van der Waals surface area contributed by atoms with Gasteiger partial charge in [-0.15, -0.1) is 0 Å². The number of piperidine rings is 1. The van der Waals surface area contributed by atoms with E-state index in [2.05, 4.69) is 51.9 Å². The number of aryl methyl sites for hydroxylation is 1. The fourth-order valence-corrected chi connectivity index (χ4v) is 2.81. The third-order valence-electron chi connectivity index (χ3n) is 4.08. The Bertz CT molecular complexity index is 567. The molecule has 0 amide bonds. The highest BCUT2D eigenvalue weighted by Crippen LogP contribution is 2.18. The van der Waals surface area contributed by atoms with E-state index in [1.807, 2.05) is 6.20 Å². The van der Waals surface area contributed by atoms with Gasteiger partial charge >= 0.3 is 0 Å². The summed E-state index contributed by atoms with van der Waals surface area (Å²) in [6, 6.07) is 10.9. The molecular formula is C16H22N4. The van der Waals surface area contributed by atoms with Crippen molar-refractivity contribution in [2.45, 2.75) is 32.4 Å². The predicted molar refractivity (Wildman–Crippen MR) is 80.8 cm³/mol. The van der Waals surface area contributed by atoms with Crippen LogP contribution < -0.4 is 5.73 Å². The summed E-state index contributed by atoms with van der Waals surface area (Å²) in [4.78, 5) is 2.47. The number of para-hydroxylation sites is 1. The summed E-state index contributed by atoms with van der Waals surface area (Å²) in [5, 5.41) is 4.49. The third kappa shape index (κ3) is 2.76. The molecular weight excluding hydrogens is 248 g/mol. The molecule has 0 spiro atoms. The van der Waals surface area contributed by atoms with E-state index in [-0.39, 0.29) is 0 Å². The van der Waals surface area contributed by atoms with Crippen LogP contribution in [-0.2, 0) is 6.54 Å². The Labute approximate surface area is 120 Å². The minimum absolute atomic E-state index is 0.382. The Balaban J connectivity index is 1.79. The first-order valence-corrected chi connectivity index (χ1v) is 7.31. The van der Waals surface area contributed by atoms with Gasteiger partial charge in [-0.05, 0) is 37.5 Å². The van der Waals surface area contributed by atoms with Crippen LogP contribution in [0.25, 0.3) is 5.69 Å². The summed E-state index contributed by atoms with van der Waals surface area (Å²) in [7, 11) is 0. The summed E-state index contributed by atoms with van der Waals surface area (Å²) in [6.07, 6.45) is 4.08. The molecule has 20 heavy (non-hydrogen) atoms. The number of nitrogens with two attached hydrogens (primary N) is 1. The zero-order chi connectivity index (χ0) is 13.9. The van der Waals surface area contributed by atoms with Crippen molar-refractivity contribution >= 4 is 0 Å². The molecule has 1 aromatic carbocycles. The quantitative estimate of drug-likeness (QED) is 0.929. The van der Waals surface area contributed by atoms with E-state index in [0.29, 0.717) is 6.04 Å². The lowest BCUT2D eigenvalue weighted by Gasteiger charge is -2.30. The molecule has 2 aromatic rings. The highest BCUT2D eigenvalue weighted by molar-refractivity contribution is 5.40. The Hall–Kier alpha value is -1.65. The highest BCUT2D eigenvalue weighted by Gasteiger charge is 2.18. The molecule has 0 aliphatic carbocycles. The number of benzene rings is 1. The maximum atomic E-state index is 5.97. The van der Waals surface area contributed by atoms with E-state index in [0.717, 1.165) is 32.5 Å². The molecule has 2 N–H and O–H groups in total. The number of aromatic nitrogens is 2. The molecule has 0 atom stereocenters. The normalized spacial score (nSPS) is 17.5. The average Bonchev–Trinajstić information content (AvgIpc) is 2.90. The maximum absolute atomic E-state index is 5.97. The zero-order valence-electron chi connectivity index (χ0n) is 12.0. The van der Waals surface area contributed by atoms with Gasteiger partial charge in [0.2, 0.25) is 0 Å². The summed E-state index contributed by atoms with van der Waals surface area (Å²) in [5.74, 6) is 0. The highest BCUT2D eigenvalue weighted by atomic mass is 15.3. The summed E-state index contributed by atoms with van der Waals surface area (Å²) >= 11 is 0. The van der Waals surface area contributed by atoms with E-state index in [1.165, 1.54) is 16.9 Å². The molecule has 106 valence electrons. The molecule has 1 saturated heterocycles. The third-order valence-corrected chi connectivity index (χ3v) is 4.08. The van der Waals surface area contributed by atoms with Crippen LogP contribution in [0.2, 0.25) is 0 Å². The smallest absolute Gasteiger partial charge is 0.0678 e. The number of hydrogen-bond acceptors (Lipinski definition) is 3. The molecule has 1 aliphatic rings. The standard InChI is InChI=1S/C16H22N4/c1-13-4-2-3-5-16(13)20-15(6-9-18-20)12-19-10-7-14(17)8-11-19/h2-6,9,14H,7-8,10-12,17H2,1H3. The number of likely N-dealkylation sites (tertiary alicyclic amines) is 1. The molecule has 1 aliphatic heterocycles. The van der Waals surface area contributed by atoms with Gasteiger partial charge in [0.15, 0.2) is 0 Å². The second kappa shape index (κ2) is 5.77. The van der Waals surface area contributed by atoms with Crippen LogP contribution in [0.15, 0.2) is 36.5 Å². The Morgan fingerprint density at radius 3 is 2.70 bits per heavy atom. The fourth-order valence-electron chi connectivity index (χ4n) is 2.81. The number of rotatable bonds is 3. The lowest BCUT2D eigenvalue weighted by Crippen LogP contribution is -2.39. The molecule has 4 heteroatoms. The van der Waals surface area contributed by atoms with Crippen LogP contribution in [0, 0.1) is 6.92 Å². The molecule has 3 rings (SSSR count). The molecule has 4 nitrogen and oxygen atoms in total. The molecule has 1 fully saturated rings. The summed E-state index contributed by atoms with van der Waals surface area (Å²) in [6.45, 7) is 5.24. The second-order valence-corrected chi connectivity index (χ2v) is 5.63. The largest absolute Gasteiger partial charge is 0.328 e. The lowest BCUT2D eigenvalue weighted by molar-refractivity contribution is 0.202. The van der Waals surface area contributed by atoms with Crippen molar-refractivity contribution in [3.05, 3.63) is 47.8 Å². The van der Waals surface area contributed by atoms with Crippen molar-refractivity contribution in [2.24, 2.45) is 5.73 Å². The number of nitrogens with zero attached hydrogens (tertiary/aromatic N) is 3. The second-order valence-electron chi connectivity index (χ2n) is 5.63. The van der Waals surface area contributed by atoms with Crippen molar-refractivity contribution in [1.82, 2.24) is 14.7 Å². The Kier molecular flexibility index (Phi) is 3.85. The fraction of sp³-hybridized carbons (Fsp3) is 0.438. The van der Waals surface area contributed by atoms with Crippen LogP contribution in [0.4, 0.5) is 0 Å². The SMILES string of the molecule is Cc1ccccc1-n1nccc1CN1CCC(N)CC1. The van der Waals surface area contributed by atoms with Crippen molar-refractivity contribution < 1.29 is 0 Å². The van der Waals surface area contributed by atoms with E-state index in [9.17, 15) is 0 Å². The average molecular weight is 270 g/mol. The van der Waals surface area contributed by atoms with Crippen molar-refractivity contribution in [2.75, 3.05) is 13.1 Å². The van der Waals surface area contributed by atoms with E-state index in [4.69, 9.17) is 5.73 Å². The Morgan fingerprint density at radius 1 is 1.20 bits per heavy atom. The Morgan fingerprint density at radius 2 is 1.95 bits per heavy atom. The maximum Gasteiger partial charge on any atom is 0.0678 e. The minimum Gasteiger partial charge on any atom is -0.328 e. The number of hydrogen-bond donors (Lipinski definition) is 1. The molecule has 0 radical (unpaired) electrons. The van der Waals surface area contributed by atoms with Crippen LogP contribution >= 0.6 is 0 Å². The van der Waals surface area contributed by atoms with Gasteiger partial charge in [0, 0.05) is 31.9 Å². The van der Waals surface area contributed by atoms with Crippen LogP contribution in [0.5, 0.6) is 0 Å². The predicted octanol–water partition coefficient (Wildman–Crippen LogP) is 2.10. The molecule has 2 heterocycles. The van der Waals surface area contributed by atoms with E-state index in [1.54, 1.807) is 0 Å². The summed E-state index contributed by atoms with van der Waals surface area (Å²) in [5.41, 5.74) is 9.63. The van der Waals surface area contributed by atoms with Gasteiger partial charge in [0.05, 0.1) is 11.4 Å². The van der Waals surface area contributed by atoms with Gasteiger partial charge in [-0.3, -0.25) is 4.90 Å². The van der Waals surface area contributed by atoms with Gasteiger partial charge in [0.25, 0.3) is 0 Å². The molecule has 0 bridgehead atoms. The van der Waals surface area contributed by atoms with E-state index >= 15 is 0 Å². The van der Waals surface area contributed by atoms with Gasteiger partial charge in [-0.2, -0.15) is 5.10 Å². The van der Waals surface area contributed by atoms with Gasteiger partial charge in [-0.25, -0.2) is 4.68 Å². The molecule has 0 saturated carbocycles. The minimum atomic E-state index is 0.382. The van der Waals surface area contributed by atoms with Gasteiger partial charge < -0.3 is 5.73 Å². The van der Waals surface area contributed by atoms with Crippen LogP contribution in [0.3, 0.4) is 0 Å². The van der Waals surface area contributed by atoms with Crippen molar-refractivity contribution in [3.8, 4) is 5.69 Å². The monoisotopic (exact) mass is 270 g/mol. The first kappa shape index (κ1) is 13.3. The molecule has 0 unspecified atom stereocenters. The topological polar surface area (TPSA) is 47.1 Å². The zero-order valence-corrected chi connectivity index (χ0v) is 12.0.